The number of carbonyl (C=O) groups excluding carboxylic acids is 3. The normalized spacial score (nSPS) is 16.8. The third kappa shape index (κ3) is 3.43. The predicted octanol–water partition coefficient (Wildman–Crippen LogP) is 3.58. The second-order valence-electron chi connectivity index (χ2n) is 6.91. The number of hydrogen-bond acceptors (Lipinski definition) is 6. The number of aliphatic hydroxyl groups is 1. The molecule has 0 fully saturated rings. The number of furan rings is 1. The van der Waals surface area contributed by atoms with Gasteiger partial charge < -0.3 is 14.3 Å². The first-order valence-corrected chi connectivity index (χ1v) is 8.86. The SMILES string of the molecule is COC(=O)c1ccc(N2C(=O)C(O)=C(C(=O)CC(C)C)C2c2ccco2)cc1. The van der Waals surface area contributed by atoms with Gasteiger partial charge in [-0.15, -0.1) is 0 Å². The number of nitrogens with zero attached hydrogens (tertiary/aromatic N) is 1. The Bertz CT molecular complexity index is 924. The standard InChI is InChI=1S/C21H21NO6/c1-12(2)11-15(23)17-18(16-5-4-10-28-16)22(20(25)19(17)24)14-8-6-13(7-9-14)21(26)27-3/h4-10,12,18,24H,11H2,1-3H3. The molecule has 0 aliphatic carbocycles. The maximum atomic E-state index is 12.8. The zero-order chi connectivity index (χ0) is 20.4. The van der Waals surface area contributed by atoms with Crippen LogP contribution < -0.4 is 4.90 Å². The van der Waals surface area contributed by atoms with Gasteiger partial charge in [0.2, 0.25) is 0 Å². The minimum atomic E-state index is -0.877. The van der Waals surface area contributed by atoms with Crippen LogP contribution >= 0.6 is 0 Å². The topological polar surface area (TPSA) is 97.0 Å². The number of aliphatic hydroxyl groups excluding tert-OH is 1. The molecule has 0 spiro atoms. The Balaban J connectivity index is 2.05. The maximum absolute atomic E-state index is 12.8. The number of ketones is 1. The van der Waals surface area contributed by atoms with E-state index in [-0.39, 0.29) is 23.7 Å². The van der Waals surface area contributed by atoms with Gasteiger partial charge in [0, 0.05) is 12.1 Å². The van der Waals surface area contributed by atoms with Gasteiger partial charge in [-0.3, -0.25) is 14.5 Å². The smallest absolute Gasteiger partial charge is 0.337 e. The Hall–Kier alpha value is -3.35. The molecule has 1 atom stereocenters. The van der Waals surface area contributed by atoms with Crippen LogP contribution in [0.25, 0.3) is 0 Å². The van der Waals surface area contributed by atoms with E-state index >= 15 is 0 Å². The number of methoxy groups -OCH3 is 1. The van der Waals surface area contributed by atoms with Crippen LogP contribution in [0.3, 0.4) is 0 Å². The molecule has 2 heterocycles. The number of benzene rings is 1. The summed E-state index contributed by atoms with van der Waals surface area (Å²) in [6.45, 7) is 3.77. The van der Waals surface area contributed by atoms with Crippen molar-refractivity contribution in [2.75, 3.05) is 12.0 Å². The quantitative estimate of drug-likeness (QED) is 0.766. The lowest BCUT2D eigenvalue weighted by Gasteiger charge is -2.25. The van der Waals surface area contributed by atoms with Gasteiger partial charge in [0.15, 0.2) is 11.5 Å². The molecule has 1 unspecified atom stereocenters. The van der Waals surface area contributed by atoms with Crippen LogP contribution in [0, 0.1) is 5.92 Å². The Kier molecular flexibility index (Phi) is 5.35. The van der Waals surface area contributed by atoms with Crippen molar-refractivity contribution in [1.29, 1.82) is 0 Å². The maximum Gasteiger partial charge on any atom is 0.337 e. The van der Waals surface area contributed by atoms with Crippen LogP contribution in [-0.4, -0.2) is 29.9 Å². The fraction of sp³-hybridized carbons (Fsp3) is 0.286. The van der Waals surface area contributed by atoms with E-state index in [9.17, 15) is 19.5 Å². The van der Waals surface area contributed by atoms with Gasteiger partial charge in [0.1, 0.15) is 11.8 Å². The molecule has 0 saturated heterocycles. The summed E-state index contributed by atoms with van der Waals surface area (Å²) in [6, 6.07) is 8.56. The van der Waals surface area contributed by atoms with E-state index in [1.807, 2.05) is 13.8 Å². The van der Waals surface area contributed by atoms with E-state index in [1.54, 1.807) is 24.3 Å². The molecule has 0 radical (unpaired) electrons. The summed E-state index contributed by atoms with van der Waals surface area (Å²) < 4.78 is 10.1. The van der Waals surface area contributed by atoms with Crippen molar-refractivity contribution in [2.24, 2.45) is 5.92 Å². The lowest BCUT2D eigenvalue weighted by molar-refractivity contribution is -0.118. The summed E-state index contributed by atoms with van der Waals surface area (Å²) in [7, 11) is 1.28. The number of esters is 1. The van der Waals surface area contributed by atoms with Crippen LogP contribution in [0.5, 0.6) is 0 Å². The van der Waals surface area contributed by atoms with Crippen LogP contribution in [0.4, 0.5) is 5.69 Å². The second-order valence-corrected chi connectivity index (χ2v) is 6.91. The largest absolute Gasteiger partial charge is 0.503 e. The van der Waals surface area contributed by atoms with Gasteiger partial charge in [0.25, 0.3) is 5.91 Å². The molecule has 7 heteroatoms. The summed E-state index contributed by atoms with van der Waals surface area (Å²) >= 11 is 0. The number of amides is 1. The molecule has 0 saturated carbocycles. The number of ether oxygens (including phenoxy) is 1. The highest BCUT2D eigenvalue weighted by Gasteiger charge is 2.45. The lowest BCUT2D eigenvalue weighted by Crippen LogP contribution is -2.31. The highest BCUT2D eigenvalue weighted by Crippen LogP contribution is 2.41. The Morgan fingerprint density at radius 1 is 1.21 bits per heavy atom. The Morgan fingerprint density at radius 3 is 2.43 bits per heavy atom. The molecule has 1 aromatic carbocycles. The zero-order valence-electron chi connectivity index (χ0n) is 15.8. The average Bonchev–Trinajstić information content (AvgIpc) is 3.28. The molecule has 1 aromatic heterocycles. The van der Waals surface area contributed by atoms with Crippen molar-refractivity contribution in [3.63, 3.8) is 0 Å². The first kappa shape index (κ1) is 19.4. The van der Waals surface area contributed by atoms with Crippen LogP contribution in [0.15, 0.2) is 58.4 Å². The van der Waals surface area contributed by atoms with Crippen molar-refractivity contribution in [3.05, 3.63) is 65.3 Å². The Morgan fingerprint density at radius 2 is 1.89 bits per heavy atom. The van der Waals surface area contributed by atoms with Crippen LogP contribution in [0.2, 0.25) is 0 Å². The molecule has 1 N–H and O–H groups in total. The molecular weight excluding hydrogens is 362 g/mol. The molecule has 1 aliphatic heterocycles. The van der Waals surface area contributed by atoms with Gasteiger partial charge in [-0.1, -0.05) is 13.8 Å². The van der Waals surface area contributed by atoms with E-state index in [4.69, 9.17) is 4.42 Å². The molecule has 3 rings (SSSR count). The van der Waals surface area contributed by atoms with Gasteiger partial charge >= 0.3 is 5.97 Å². The van der Waals surface area contributed by atoms with Crippen molar-refractivity contribution in [2.45, 2.75) is 26.3 Å². The highest BCUT2D eigenvalue weighted by atomic mass is 16.5. The van der Waals surface area contributed by atoms with Crippen molar-refractivity contribution in [3.8, 4) is 0 Å². The van der Waals surface area contributed by atoms with Gasteiger partial charge in [-0.2, -0.15) is 0 Å². The second kappa shape index (κ2) is 7.72. The van der Waals surface area contributed by atoms with Crippen LogP contribution in [-0.2, 0) is 14.3 Å². The zero-order valence-corrected chi connectivity index (χ0v) is 15.8. The van der Waals surface area contributed by atoms with E-state index in [2.05, 4.69) is 4.74 Å². The number of anilines is 1. The third-order valence-electron chi connectivity index (χ3n) is 4.48. The van der Waals surface area contributed by atoms with Gasteiger partial charge in [-0.25, -0.2) is 4.79 Å². The predicted molar refractivity (Wildman–Crippen MR) is 101 cm³/mol. The minimum Gasteiger partial charge on any atom is -0.503 e. The van der Waals surface area contributed by atoms with Crippen molar-refractivity contribution in [1.82, 2.24) is 0 Å². The van der Waals surface area contributed by atoms with Crippen molar-refractivity contribution >= 4 is 23.3 Å². The number of hydrogen-bond donors (Lipinski definition) is 1. The van der Waals surface area contributed by atoms with E-state index in [0.29, 0.717) is 17.0 Å². The molecule has 1 amide bonds. The number of carbonyl (C=O) groups is 3. The molecule has 28 heavy (non-hydrogen) atoms. The first-order chi connectivity index (χ1) is 13.3. The van der Waals surface area contributed by atoms with E-state index in [1.165, 1.54) is 30.4 Å². The summed E-state index contributed by atoms with van der Waals surface area (Å²) in [5.74, 6) is -1.66. The van der Waals surface area contributed by atoms with Gasteiger partial charge in [-0.05, 0) is 42.3 Å². The summed E-state index contributed by atoms with van der Waals surface area (Å²) in [5, 5.41) is 10.5. The van der Waals surface area contributed by atoms with E-state index < -0.39 is 23.7 Å². The lowest BCUT2D eigenvalue weighted by atomic mass is 9.95. The first-order valence-electron chi connectivity index (χ1n) is 8.86. The molecule has 146 valence electrons. The van der Waals surface area contributed by atoms with Crippen molar-refractivity contribution < 1.29 is 28.6 Å². The summed E-state index contributed by atoms with van der Waals surface area (Å²) in [6.07, 6.45) is 1.64. The monoisotopic (exact) mass is 383 g/mol. The fourth-order valence-corrected chi connectivity index (χ4v) is 3.23. The fourth-order valence-electron chi connectivity index (χ4n) is 3.23. The number of rotatable bonds is 6. The molecule has 1 aliphatic rings. The summed E-state index contributed by atoms with van der Waals surface area (Å²) in [5.41, 5.74) is 0.754. The molecule has 0 bridgehead atoms. The third-order valence-corrected chi connectivity index (χ3v) is 4.48. The van der Waals surface area contributed by atoms with E-state index in [0.717, 1.165) is 0 Å². The Labute approximate surface area is 162 Å². The van der Waals surface area contributed by atoms with Gasteiger partial charge in [0.05, 0.1) is 24.5 Å². The average molecular weight is 383 g/mol. The summed E-state index contributed by atoms with van der Waals surface area (Å²) in [4.78, 5) is 38.5. The number of Topliss-reactive ketones (excluding diaryl/α,β-unsaturated/α-hetero) is 1. The minimum absolute atomic E-state index is 0.0192. The highest BCUT2D eigenvalue weighted by molar-refractivity contribution is 6.16. The molecule has 2 aromatic rings. The molecule has 7 nitrogen and oxygen atoms in total. The van der Waals surface area contributed by atoms with Crippen LogP contribution in [0.1, 0.15) is 42.4 Å². The molecular formula is C21H21NO6.